The van der Waals surface area contributed by atoms with E-state index < -0.39 is 0 Å². The highest BCUT2D eigenvalue weighted by atomic mass is 15.4. The third-order valence-corrected chi connectivity index (χ3v) is 2.98. The minimum absolute atomic E-state index is 0.740. The Morgan fingerprint density at radius 1 is 1.26 bits per heavy atom. The third-order valence-electron chi connectivity index (χ3n) is 2.98. The van der Waals surface area contributed by atoms with Crippen molar-refractivity contribution < 1.29 is 0 Å². The van der Waals surface area contributed by atoms with Crippen molar-refractivity contribution in [2.75, 3.05) is 11.9 Å². The van der Waals surface area contributed by atoms with Crippen LogP contribution < -0.4 is 5.32 Å². The van der Waals surface area contributed by atoms with Crippen LogP contribution in [0.2, 0.25) is 0 Å². The van der Waals surface area contributed by atoms with Gasteiger partial charge in [0.15, 0.2) is 0 Å². The number of hydrogen-bond acceptors (Lipinski definition) is 5. The summed E-state index contributed by atoms with van der Waals surface area (Å²) in [5.41, 5.74) is 2.12. The van der Waals surface area contributed by atoms with Crippen molar-refractivity contribution >= 4 is 16.7 Å². The molecule has 0 aliphatic carbocycles. The van der Waals surface area contributed by atoms with Gasteiger partial charge in [-0.05, 0) is 18.6 Å². The molecular weight excluding hydrogens is 240 g/mol. The Morgan fingerprint density at radius 3 is 3.05 bits per heavy atom. The third kappa shape index (κ3) is 2.37. The lowest BCUT2D eigenvalue weighted by molar-refractivity contribution is 0.608. The molecule has 0 radical (unpaired) electrons. The largest absolute Gasteiger partial charge is 0.368 e. The maximum Gasteiger partial charge on any atom is 0.137 e. The summed E-state index contributed by atoms with van der Waals surface area (Å²) in [6.45, 7) is 3.55. The second-order valence-corrected chi connectivity index (χ2v) is 4.28. The molecule has 0 saturated carbocycles. The number of nitrogens with one attached hydrogen (secondary N) is 1. The van der Waals surface area contributed by atoms with Crippen molar-refractivity contribution in [2.45, 2.75) is 13.5 Å². The minimum atomic E-state index is 0.740. The molecular formula is C13H14N6. The normalized spacial score (nSPS) is 10.8. The van der Waals surface area contributed by atoms with Crippen molar-refractivity contribution in [3.8, 4) is 0 Å². The van der Waals surface area contributed by atoms with E-state index >= 15 is 0 Å². The average molecular weight is 254 g/mol. The number of aromatic nitrogens is 5. The van der Waals surface area contributed by atoms with E-state index in [-0.39, 0.29) is 0 Å². The predicted octanol–water partition coefficient (Wildman–Crippen LogP) is 1.64. The fourth-order valence-electron chi connectivity index (χ4n) is 2.06. The molecule has 96 valence electrons. The monoisotopic (exact) mass is 254 g/mol. The van der Waals surface area contributed by atoms with E-state index in [0.29, 0.717) is 0 Å². The van der Waals surface area contributed by atoms with Crippen LogP contribution in [0.4, 0.5) is 5.82 Å². The number of hydrogen-bond donors (Lipinski definition) is 1. The highest BCUT2D eigenvalue weighted by molar-refractivity contribution is 5.91. The summed E-state index contributed by atoms with van der Waals surface area (Å²) >= 11 is 0. The van der Waals surface area contributed by atoms with Crippen LogP contribution in [-0.4, -0.2) is 31.5 Å². The predicted molar refractivity (Wildman–Crippen MR) is 72.8 cm³/mol. The first-order valence-electron chi connectivity index (χ1n) is 6.13. The number of aryl methyl sites for hydroxylation is 1. The van der Waals surface area contributed by atoms with E-state index in [1.54, 1.807) is 17.2 Å². The average Bonchev–Trinajstić information content (AvgIpc) is 2.92. The van der Waals surface area contributed by atoms with Gasteiger partial charge in [0.05, 0.1) is 18.3 Å². The molecule has 3 aromatic rings. The quantitative estimate of drug-likeness (QED) is 0.766. The summed E-state index contributed by atoms with van der Waals surface area (Å²) in [6, 6.07) is 6.06. The summed E-state index contributed by atoms with van der Waals surface area (Å²) in [5, 5.41) is 12.1. The lowest BCUT2D eigenvalue weighted by Gasteiger charge is -2.09. The minimum Gasteiger partial charge on any atom is -0.368 e. The number of fused-ring (bicyclic) bond motifs is 1. The molecule has 6 nitrogen and oxygen atoms in total. The molecule has 1 N–H and O–H groups in total. The Morgan fingerprint density at radius 2 is 2.21 bits per heavy atom. The van der Waals surface area contributed by atoms with Crippen molar-refractivity contribution in [2.24, 2.45) is 0 Å². The molecule has 0 spiro atoms. The van der Waals surface area contributed by atoms with Gasteiger partial charge >= 0.3 is 0 Å². The molecule has 1 aromatic carbocycles. The van der Waals surface area contributed by atoms with Crippen LogP contribution in [0.1, 0.15) is 5.56 Å². The molecule has 0 fully saturated rings. The van der Waals surface area contributed by atoms with Gasteiger partial charge in [-0.3, -0.25) is 4.68 Å². The first-order valence-corrected chi connectivity index (χ1v) is 6.13. The van der Waals surface area contributed by atoms with Crippen LogP contribution in [0.5, 0.6) is 0 Å². The zero-order chi connectivity index (χ0) is 13.1. The second kappa shape index (κ2) is 5.01. The van der Waals surface area contributed by atoms with Crippen LogP contribution in [0, 0.1) is 6.92 Å². The van der Waals surface area contributed by atoms with Crippen LogP contribution in [0.3, 0.4) is 0 Å². The smallest absolute Gasteiger partial charge is 0.137 e. The standard InChI is InChI=1S/C13H14N6/c1-10-3-2-4-11-12(10)13(16-9-15-11)14-5-7-19-8-6-17-18-19/h2-4,6,8-9H,5,7H2,1H3,(H,14,15,16). The summed E-state index contributed by atoms with van der Waals surface area (Å²) in [4.78, 5) is 8.60. The molecule has 0 aliphatic heterocycles. The van der Waals surface area contributed by atoms with Gasteiger partial charge in [-0.25, -0.2) is 9.97 Å². The molecule has 3 rings (SSSR count). The Balaban J connectivity index is 1.81. The van der Waals surface area contributed by atoms with E-state index in [4.69, 9.17) is 0 Å². The molecule has 0 aliphatic rings. The van der Waals surface area contributed by atoms with Gasteiger partial charge in [-0.1, -0.05) is 17.3 Å². The van der Waals surface area contributed by atoms with E-state index in [0.717, 1.165) is 29.8 Å². The summed E-state index contributed by atoms with van der Waals surface area (Å²) in [5.74, 6) is 0.864. The fraction of sp³-hybridized carbons (Fsp3) is 0.231. The molecule has 0 saturated heterocycles. The Labute approximate surface area is 110 Å². The van der Waals surface area contributed by atoms with Gasteiger partial charge in [0.2, 0.25) is 0 Å². The first-order chi connectivity index (χ1) is 9.34. The molecule has 0 unspecified atom stereocenters. The number of nitrogens with zero attached hydrogens (tertiary/aromatic N) is 5. The molecule has 19 heavy (non-hydrogen) atoms. The van der Waals surface area contributed by atoms with Gasteiger partial charge in [0.1, 0.15) is 12.1 Å². The lowest BCUT2D eigenvalue weighted by Crippen LogP contribution is -2.12. The van der Waals surface area contributed by atoms with Crippen LogP contribution in [-0.2, 0) is 6.54 Å². The maximum absolute atomic E-state index is 4.32. The molecule has 0 atom stereocenters. The van der Waals surface area contributed by atoms with Gasteiger partial charge in [-0.2, -0.15) is 0 Å². The van der Waals surface area contributed by atoms with Gasteiger partial charge in [0.25, 0.3) is 0 Å². The fourth-order valence-corrected chi connectivity index (χ4v) is 2.06. The van der Waals surface area contributed by atoms with E-state index in [1.807, 2.05) is 18.3 Å². The topological polar surface area (TPSA) is 68.5 Å². The lowest BCUT2D eigenvalue weighted by atomic mass is 10.1. The van der Waals surface area contributed by atoms with Gasteiger partial charge < -0.3 is 5.32 Å². The van der Waals surface area contributed by atoms with E-state index in [2.05, 4.69) is 38.6 Å². The van der Waals surface area contributed by atoms with Crippen molar-refractivity contribution in [1.29, 1.82) is 0 Å². The first kappa shape index (κ1) is 11.6. The van der Waals surface area contributed by atoms with Crippen molar-refractivity contribution in [3.63, 3.8) is 0 Å². The van der Waals surface area contributed by atoms with E-state index in [1.165, 1.54) is 5.56 Å². The Hall–Kier alpha value is -2.50. The second-order valence-electron chi connectivity index (χ2n) is 4.28. The molecule has 2 heterocycles. The highest BCUT2D eigenvalue weighted by Crippen LogP contribution is 2.22. The van der Waals surface area contributed by atoms with Crippen LogP contribution in [0.25, 0.3) is 10.9 Å². The maximum atomic E-state index is 4.32. The van der Waals surface area contributed by atoms with E-state index in [9.17, 15) is 0 Å². The summed E-state index contributed by atoms with van der Waals surface area (Å²) in [6.07, 6.45) is 5.09. The zero-order valence-electron chi connectivity index (χ0n) is 10.6. The van der Waals surface area contributed by atoms with Crippen molar-refractivity contribution in [3.05, 3.63) is 42.5 Å². The molecule has 6 heteroatoms. The summed E-state index contributed by atoms with van der Waals surface area (Å²) in [7, 11) is 0. The number of anilines is 1. The van der Waals surface area contributed by atoms with Gasteiger partial charge in [-0.15, -0.1) is 5.10 Å². The zero-order valence-corrected chi connectivity index (χ0v) is 10.6. The summed E-state index contributed by atoms with van der Waals surface area (Å²) < 4.78 is 1.78. The Kier molecular flexibility index (Phi) is 3.06. The van der Waals surface area contributed by atoms with Crippen LogP contribution >= 0.6 is 0 Å². The molecule has 0 amide bonds. The van der Waals surface area contributed by atoms with Gasteiger partial charge in [0, 0.05) is 18.1 Å². The number of benzene rings is 1. The molecule has 0 bridgehead atoms. The highest BCUT2D eigenvalue weighted by Gasteiger charge is 2.05. The Bertz CT molecular complexity index is 671. The van der Waals surface area contributed by atoms with Crippen molar-refractivity contribution in [1.82, 2.24) is 25.0 Å². The van der Waals surface area contributed by atoms with Crippen LogP contribution in [0.15, 0.2) is 36.9 Å². The number of rotatable bonds is 4. The SMILES string of the molecule is Cc1cccc2ncnc(NCCn3ccnn3)c12. The molecule has 2 aromatic heterocycles.